The molecule has 38 heavy (non-hydrogen) atoms. The van der Waals surface area contributed by atoms with Crippen LogP contribution in [0.1, 0.15) is 47.2 Å². The van der Waals surface area contributed by atoms with Crippen molar-refractivity contribution in [2.75, 3.05) is 11.9 Å². The van der Waals surface area contributed by atoms with E-state index in [4.69, 9.17) is 16.3 Å². The van der Waals surface area contributed by atoms with E-state index in [9.17, 15) is 23.1 Å². The molecule has 0 bridgehead atoms. The molecule has 3 N–H and O–H groups in total. The molecule has 1 aromatic carbocycles. The molecule has 0 unspecified atom stereocenters. The molecule has 0 atom stereocenters. The molecule has 1 saturated carbocycles. The summed E-state index contributed by atoms with van der Waals surface area (Å²) in [6, 6.07) is 7.19. The molecular formula is C27H24ClF3N4O3. The van der Waals surface area contributed by atoms with Crippen molar-refractivity contribution in [2.45, 2.75) is 37.9 Å². The summed E-state index contributed by atoms with van der Waals surface area (Å²) in [5.41, 5.74) is 0.986. The SMILES string of the molecule is O=C(c1ccc(Oc2cncc(C(F)(F)F)c2)cc1Cl)c1c[nH]c2nccc(NC3CCC(CO)CC3)c12. The predicted octanol–water partition coefficient (Wildman–Crippen LogP) is 6.62. The summed E-state index contributed by atoms with van der Waals surface area (Å²) < 4.78 is 44.4. The van der Waals surface area contributed by atoms with Crippen LogP contribution in [0.2, 0.25) is 5.02 Å². The van der Waals surface area contributed by atoms with Crippen LogP contribution in [0.5, 0.6) is 11.5 Å². The Balaban J connectivity index is 1.38. The van der Waals surface area contributed by atoms with Gasteiger partial charge in [-0.2, -0.15) is 13.2 Å². The number of hydrogen-bond acceptors (Lipinski definition) is 6. The molecule has 11 heteroatoms. The van der Waals surface area contributed by atoms with Crippen LogP contribution in [-0.4, -0.2) is 38.5 Å². The minimum Gasteiger partial charge on any atom is -0.456 e. The summed E-state index contributed by atoms with van der Waals surface area (Å²) in [7, 11) is 0. The van der Waals surface area contributed by atoms with Crippen LogP contribution in [-0.2, 0) is 6.18 Å². The highest BCUT2D eigenvalue weighted by molar-refractivity contribution is 6.35. The summed E-state index contributed by atoms with van der Waals surface area (Å²) in [6.07, 6.45) is 4.26. The van der Waals surface area contributed by atoms with Crippen LogP contribution in [0.15, 0.2) is 55.1 Å². The van der Waals surface area contributed by atoms with Gasteiger partial charge in [-0.05, 0) is 55.9 Å². The Morgan fingerprint density at radius 2 is 1.89 bits per heavy atom. The number of nitrogens with zero attached hydrogens (tertiary/aromatic N) is 2. The summed E-state index contributed by atoms with van der Waals surface area (Å²) >= 11 is 6.43. The molecule has 1 aliphatic rings. The maximum Gasteiger partial charge on any atom is 0.418 e. The fourth-order valence-electron chi connectivity index (χ4n) is 4.72. The summed E-state index contributed by atoms with van der Waals surface area (Å²) in [5.74, 6) is 0.0398. The van der Waals surface area contributed by atoms with Gasteiger partial charge >= 0.3 is 6.18 Å². The summed E-state index contributed by atoms with van der Waals surface area (Å²) in [6.45, 7) is 0.199. The van der Waals surface area contributed by atoms with Crippen molar-refractivity contribution in [2.24, 2.45) is 5.92 Å². The van der Waals surface area contributed by atoms with E-state index in [2.05, 4.69) is 20.3 Å². The van der Waals surface area contributed by atoms with Gasteiger partial charge in [-0.1, -0.05) is 11.6 Å². The number of aromatic nitrogens is 3. The third-order valence-electron chi connectivity index (χ3n) is 6.74. The number of nitrogens with one attached hydrogen (secondary N) is 2. The van der Waals surface area contributed by atoms with E-state index < -0.39 is 11.7 Å². The lowest BCUT2D eigenvalue weighted by Crippen LogP contribution is -2.27. The second-order valence-electron chi connectivity index (χ2n) is 9.31. The van der Waals surface area contributed by atoms with Crippen molar-refractivity contribution < 1.29 is 27.8 Å². The monoisotopic (exact) mass is 544 g/mol. The Hall–Kier alpha value is -3.63. The molecule has 0 amide bonds. The maximum atomic E-state index is 13.5. The zero-order chi connectivity index (χ0) is 26.9. The highest BCUT2D eigenvalue weighted by Gasteiger charge is 2.31. The number of alkyl halides is 3. The van der Waals surface area contributed by atoms with E-state index in [1.807, 2.05) is 6.07 Å². The number of ether oxygens (including phenoxy) is 1. The number of hydrogen-bond donors (Lipinski definition) is 3. The maximum absolute atomic E-state index is 13.5. The second kappa shape index (κ2) is 10.6. The molecule has 0 saturated heterocycles. The Labute approximate surface area is 221 Å². The molecule has 0 radical (unpaired) electrons. The average Bonchev–Trinajstić information content (AvgIpc) is 3.34. The molecule has 1 aliphatic carbocycles. The highest BCUT2D eigenvalue weighted by Crippen LogP contribution is 2.35. The number of aliphatic hydroxyl groups excluding tert-OH is 1. The topological polar surface area (TPSA) is 100 Å². The number of aliphatic hydroxyl groups is 1. The Morgan fingerprint density at radius 3 is 2.61 bits per heavy atom. The third-order valence-corrected chi connectivity index (χ3v) is 7.06. The van der Waals surface area contributed by atoms with Crippen LogP contribution in [0.25, 0.3) is 11.0 Å². The first-order valence-electron chi connectivity index (χ1n) is 12.1. The van der Waals surface area contributed by atoms with Gasteiger partial charge in [-0.25, -0.2) is 4.98 Å². The highest BCUT2D eigenvalue weighted by atomic mass is 35.5. The summed E-state index contributed by atoms with van der Waals surface area (Å²) in [4.78, 5) is 24.5. The van der Waals surface area contributed by atoms with Crippen LogP contribution in [0.4, 0.5) is 18.9 Å². The van der Waals surface area contributed by atoms with Crippen LogP contribution in [0, 0.1) is 5.92 Å². The summed E-state index contributed by atoms with van der Waals surface area (Å²) in [5, 5.41) is 13.7. The smallest absolute Gasteiger partial charge is 0.418 e. The van der Waals surface area contributed by atoms with E-state index in [0.717, 1.165) is 43.6 Å². The number of aromatic amines is 1. The Bertz CT molecular complexity index is 1470. The number of halogens is 4. The standard InChI is InChI=1S/C27H24ClF3N4O3/c28-22-10-18(38-19-9-16(11-32-12-19)27(29,30)31)5-6-20(22)25(37)21-13-34-26-24(21)23(7-8-33-26)35-17-3-1-15(14-36)2-4-17/h5-13,15,17,36H,1-4,14H2,(H2,33,34,35). The normalized spacial score (nSPS) is 17.9. The largest absolute Gasteiger partial charge is 0.456 e. The number of carbonyl (C=O) groups excluding carboxylic acids is 1. The minimum absolute atomic E-state index is 0.0857. The molecule has 3 heterocycles. The van der Waals surface area contributed by atoms with Gasteiger partial charge < -0.3 is 20.1 Å². The van der Waals surface area contributed by atoms with Crippen molar-refractivity contribution in [1.82, 2.24) is 15.0 Å². The molecular weight excluding hydrogens is 521 g/mol. The number of carbonyl (C=O) groups is 1. The lowest BCUT2D eigenvalue weighted by atomic mass is 9.86. The fourth-order valence-corrected chi connectivity index (χ4v) is 4.98. The van der Waals surface area contributed by atoms with Gasteiger partial charge in [0.25, 0.3) is 0 Å². The molecule has 4 aromatic rings. The van der Waals surface area contributed by atoms with Crippen molar-refractivity contribution in [1.29, 1.82) is 0 Å². The van der Waals surface area contributed by atoms with E-state index in [-0.39, 0.29) is 40.5 Å². The van der Waals surface area contributed by atoms with Gasteiger partial charge in [0.15, 0.2) is 5.78 Å². The number of rotatable bonds is 7. The van der Waals surface area contributed by atoms with Gasteiger partial charge in [0.05, 0.1) is 27.7 Å². The number of fused-ring (bicyclic) bond motifs is 1. The first-order valence-corrected chi connectivity index (χ1v) is 12.5. The fraction of sp³-hybridized carbons (Fsp3) is 0.296. The van der Waals surface area contributed by atoms with Crippen molar-refractivity contribution in [3.8, 4) is 11.5 Å². The zero-order valence-corrected chi connectivity index (χ0v) is 20.8. The van der Waals surface area contributed by atoms with Crippen LogP contribution in [0.3, 0.4) is 0 Å². The average molecular weight is 545 g/mol. The molecule has 5 rings (SSSR count). The molecule has 3 aromatic heterocycles. The van der Waals surface area contributed by atoms with Gasteiger partial charge in [-0.3, -0.25) is 9.78 Å². The first-order chi connectivity index (χ1) is 18.2. The predicted molar refractivity (Wildman–Crippen MR) is 137 cm³/mol. The van der Waals surface area contributed by atoms with Crippen molar-refractivity contribution in [3.05, 3.63) is 76.8 Å². The lowest BCUT2D eigenvalue weighted by Gasteiger charge is -2.29. The number of anilines is 1. The van der Waals surface area contributed by atoms with Gasteiger partial charge in [0.2, 0.25) is 0 Å². The third kappa shape index (κ3) is 5.46. The van der Waals surface area contributed by atoms with Crippen LogP contribution < -0.4 is 10.1 Å². The van der Waals surface area contributed by atoms with E-state index in [1.165, 1.54) is 18.2 Å². The Kier molecular flexibility index (Phi) is 7.27. The van der Waals surface area contributed by atoms with Gasteiger partial charge in [0, 0.05) is 48.6 Å². The van der Waals surface area contributed by atoms with Gasteiger partial charge in [0.1, 0.15) is 17.1 Å². The number of ketones is 1. The van der Waals surface area contributed by atoms with Crippen molar-refractivity contribution in [3.63, 3.8) is 0 Å². The molecule has 0 spiro atoms. The zero-order valence-electron chi connectivity index (χ0n) is 20.1. The Morgan fingerprint density at radius 1 is 1.11 bits per heavy atom. The van der Waals surface area contributed by atoms with E-state index in [0.29, 0.717) is 28.7 Å². The molecule has 7 nitrogen and oxygen atoms in total. The molecule has 198 valence electrons. The number of H-pyrrole nitrogens is 1. The van der Waals surface area contributed by atoms with Crippen LogP contribution >= 0.6 is 11.6 Å². The van der Waals surface area contributed by atoms with E-state index >= 15 is 0 Å². The van der Waals surface area contributed by atoms with E-state index in [1.54, 1.807) is 12.4 Å². The lowest BCUT2D eigenvalue weighted by molar-refractivity contribution is -0.137. The number of benzene rings is 1. The minimum atomic E-state index is -4.55. The number of pyridine rings is 2. The molecule has 0 aliphatic heterocycles. The van der Waals surface area contributed by atoms with Gasteiger partial charge in [-0.15, -0.1) is 0 Å². The quantitative estimate of drug-likeness (QED) is 0.226. The first kappa shape index (κ1) is 26.0. The van der Waals surface area contributed by atoms with Crippen molar-refractivity contribution >= 4 is 34.1 Å². The molecule has 1 fully saturated rings. The second-order valence-corrected chi connectivity index (χ2v) is 9.72.